The molecule has 0 saturated carbocycles. The van der Waals surface area contributed by atoms with Crippen molar-refractivity contribution >= 4 is 11.6 Å². The van der Waals surface area contributed by atoms with Crippen molar-refractivity contribution in [1.29, 1.82) is 5.26 Å². The fourth-order valence-corrected chi connectivity index (χ4v) is 4.13. The van der Waals surface area contributed by atoms with E-state index in [1.807, 2.05) is 18.2 Å². The van der Waals surface area contributed by atoms with Crippen molar-refractivity contribution in [2.75, 3.05) is 31.5 Å². The topological polar surface area (TPSA) is 79.6 Å². The number of aromatic hydroxyl groups is 1. The minimum Gasteiger partial charge on any atom is -0.508 e. The van der Waals surface area contributed by atoms with Crippen LogP contribution in [-0.2, 0) is 4.79 Å². The summed E-state index contributed by atoms with van der Waals surface area (Å²) in [5.41, 5.74) is 3.08. The van der Waals surface area contributed by atoms with Crippen LogP contribution in [0.25, 0.3) is 0 Å². The Morgan fingerprint density at radius 2 is 1.52 bits per heavy atom. The van der Waals surface area contributed by atoms with Crippen molar-refractivity contribution in [3.05, 3.63) is 108 Å². The van der Waals surface area contributed by atoms with Gasteiger partial charge in [-0.1, -0.05) is 66.7 Å². The van der Waals surface area contributed by atoms with Crippen LogP contribution in [0.5, 0.6) is 5.75 Å². The Bertz CT molecular complexity index is 1110. The highest BCUT2D eigenvalue weighted by Crippen LogP contribution is 2.29. The number of rotatable bonds is 6. The van der Waals surface area contributed by atoms with Crippen LogP contribution < -0.4 is 5.32 Å². The van der Waals surface area contributed by atoms with Crippen molar-refractivity contribution < 1.29 is 9.90 Å². The Morgan fingerprint density at radius 3 is 2.06 bits per heavy atom. The second-order valence-corrected chi connectivity index (χ2v) is 7.92. The number of amides is 1. The maximum atomic E-state index is 13.0. The molecule has 1 fully saturated rings. The van der Waals surface area contributed by atoms with E-state index in [0.717, 1.165) is 0 Å². The van der Waals surface area contributed by atoms with E-state index in [4.69, 9.17) is 0 Å². The Kier molecular flexibility index (Phi) is 7.03. The average molecular weight is 439 g/mol. The molecule has 0 atom stereocenters. The van der Waals surface area contributed by atoms with Crippen LogP contribution in [0.4, 0.5) is 5.69 Å². The monoisotopic (exact) mass is 438 g/mol. The molecule has 1 amide bonds. The van der Waals surface area contributed by atoms with E-state index in [1.54, 1.807) is 23.1 Å². The molecular weight excluding hydrogens is 412 g/mol. The predicted octanol–water partition coefficient (Wildman–Crippen LogP) is 4.15. The van der Waals surface area contributed by atoms with Gasteiger partial charge in [0.05, 0.1) is 6.04 Å². The lowest BCUT2D eigenvalue weighted by Crippen LogP contribution is -2.50. The number of phenols is 1. The number of phenolic OH excluding ortho intramolecular Hbond substituents is 1. The Labute approximate surface area is 194 Å². The smallest absolute Gasteiger partial charge is 0.266 e. The Balaban J connectivity index is 1.45. The summed E-state index contributed by atoms with van der Waals surface area (Å²) >= 11 is 0. The van der Waals surface area contributed by atoms with Gasteiger partial charge in [0.25, 0.3) is 5.91 Å². The van der Waals surface area contributed by atoms with Gasteiger partial charge < -0.3 is 15.3 Å². The molecular formula is C27H26N4O2. The number of piperazine rings is 1. The van der Waals surface area contributed by atoms with Crippen molar-refractivity contribution in [3.8, 4) is 11.8 Å². The van der Waals surface area contributed by atoms with Crippen LogP contribution >= 0.6 is 0 Å². The maximum Gasteiger partial charge on any atom is 0.266 e. The first-order valence-electron chi connectivity index (χ1n) is 10.9. The Morgan fingerprint density at radius 1 is 0.909 bits per heavy atom. The maximum absolute atomic E-state index is 13.0. The minimum atomic E-state index is -0.291. The molecule has 6 nitrogen and oxygen atoms in total. The van der Waals surface area contributed by atoms with Gasteiger partial charge >= 0.3 is 0 Å². The second kappa shape index (κ2) is 10.5. The lowest BCUT2D eigenvalue weighted by Gasteiger charge is -2.39. The summed E-state index contributed by atoms with van der Waals surface area (Å²) in [6, 6.07) is 29.4. The van der Waals surface area contributed by atoms with Gasteiger partial charge in [0.15, 0.2) is 0 Å². The lowest BCUT2D eigenvalue weighted by atomic mass is 9.96. The minimum absolute atomic E-state index is 0.0365. The van der Waals surface area contributed by atoms with E-state index >= 15 is 0 Å². The molecule has 3 aromatic carbocycles. The third-order valence-electron chi connectivity index (χ3n) is 5.78. The largest absolute Gasteiger partial charge is 0.508 e. The summed E-state index contributed by atoms with van der Waals surface area (Å²) in [5.74, 6) is -0.179. The zero-order valence-corrected chi connectivity index (χ0v) is 18.3. The lowest BCUT2D eigenvalue weighted by molar-refractivity contribution is -0.128. The van der Waals surface area contributed by atoms with Crippen LogP contribution in [-0.4, -0.2) is 47.0 Å². The van der Waals surface area contributed by atoms with Crippen molar-refractivity contribution in [2.45, 2.75) is 6.04 Å². The molecule has 0 bridgehead atoms. The van der Waals surface area contributed by atoms with Crippen LogP contribution in [0.2, 0.25) is 0 Å². The normalized spacial score (nSPS) is 14.7. The van der Waals surface area contributed by atoms with Gasteiger partial charge in [-0.2, -0.15) is 5.26 Å². The van der Waals surface area contributed by atoms with Crippen LogP contribution in [0, 0.1) is 11.3 Å². The molecule has 33 heavy (non-hydrogen) atoms. The molecule has 2 N–H and O–H groups in total. The summed E-state index contributed by atoms with van der Waals surface area (Å²) in [4.78, 5) is 17.1. The first kappa shape index (κ1) is 22.1. The third kappa shape index (κ3) is 5.40. The SMILES string of the molecule is N#C/C(=C/Nc1cccc(O)c1)C(=O)N1CCN(C(c2ccccc2)c2ccccc2)CC1. The number of anilines is 1. The molecule has 0 spiro atoms. The molecule has 0 unspecified atom stereocenters. The zero-order chi connectivity index (χ0) is 23.0. The number of nitrogens with zero attached hydrogens (tertiary/aromatic N) is 3. The zero-order valence-electron chi connectivity index (χ0n) is 18.3. The van der Waals surface area contributed by atoms with Gasteiger partial charge in [0.2, 0.25) is 0 Å². The summed E-state index contributed by atoms with van der Waals surface area (Å²) in [6.45, 7) is 2.50. The summed E-state index contributed by atoms with van der Waals surface area (Å²) in [7, 11) is 0. The molecule has 0 radical (unpaired) electrons. The van der Waals surface area contributed by atoms with Crippen LogP contribution in [0.1, 0.15) is 17.2 Å². The molecule has 1 heterocycles. The fourth-order valence-electron chi connectivity index (χ4n) is 4.13. The van der Waals surface area contributed by atoms with Gasteiger partial charge in [0, 0.05) is 44.1 Å². The molecule has 3 aromatic rings. The Hall–Kier alpha value is -4.08. The number of benzene rings is 3. The van der Waals surface area contributed by atoms with E-state index in [1.165, 1.54) is 23.4 Å². The molecule has 1 saturated heterocycles. The van der Waals surface area contributed by atoms with Gasteiger partial charge in [-0.15, -0.1) is 0 Å². The van der Waals surface area contributed by atoms with E-state index in [-0.39, 0.29) is 23.3 Å². The quantitative estimate of drug-likeness (QED) is 0.447. The third-order valence-corrected chi connectivity index (χ3v) is 5.78. The number of carbonyl (C=O) groups excluding carboxylic acids is 1. The summed E-state index contributed by atoms with van der Waals surface area (Å²) < 4.78 is 0. The van der Waals surface area contributed by atoms with Gasteiger partial charge in [-0.3, -0.25) is 9.69 Å². The summed E-state index contributed by atoms with van der Waals surface area (Å²) in [6.07, 6.45) is 1.40. The average Bonchev–Trinajstić information content (AvgIpc) is 2.86. The first-order valence-corrected chi connectivity index (χ1v) is 10.9. The number of hydrogen-bond donors (Lipinski definition) is 2. The highest BCUT2D eigenvalue weighted by atomic mass is 16.3. The number of nitrogens with one attached hydrogen (secondary N) is 1. The first-order chi connectivity index (χ1) is 16.2. The number of hydrogen-bond acceptors (Lipinski definition) is 5. The number of carbonyl (C=O) groups is 1. The summed E-state index contributed by atoms with van der Waals surface area (Å²) in [5, 5.41) is 22.0. The molecule has 166 valence electrons. The highest BCUT2D eigenvalue weighted by Gasteiger charge is 2.29. The van der Waals surface area contributed by atoms with E-state index in [2.05, 4.69) is 58.7 Å². The van der Waals surface area contributed by atoms with E-state index in [9.17, 15) is 15.2 Å². The van der Waals surface area contributed by atoms with Gasteiger partial charge in [-0.25, -0.2) is 0 Å². The molecule has 0 aromatic heterocycles. The van der Waals surface area contributed by atoms with Crippen LogP contribution in [0.3, 0.4) is 0 Å². The number of nitriles is 1. The van der Waals surface area contributed by atoms with Crippen molar-refractivity contribution in [1.82, 2.24) is 9.80 Å². The van der Waals surface area contributed by atoms with Gasteiger partial charge in [0.1, 0.15) is 17.4 Å². The predicted molar refractivity (Wildman–Crippen MR) is 128 cm³/mol. The highest BCUT2D eigenvalue weighted by molar-refractivity contribution is 5.97. The molecule has 1 aliphatic rings. The standard InChI is InChI=1S/C27H26N4O2/c28-19-23(20-29-24-12-7-13-25(32)18-24)27(33)31-16-14-30(15-17-31)26(21-8-3-1-4-9-21)22-10-5-2-6-11-22/h1-13,18,20,26,29,32H,14-17H2/b23-20-. The van der Waals surface area contributed by atoms with Crippen LogP contribution in [0.15, 0.2) is 96.7 Å². The molecule has 1 aliphatic heterocycles. The molecule has 6 heteroatoms. The second-order valence-electron chi connectivity index (χ2n) is 7.92. The van der Waals surface area contributed by atoms with Crippen molar-refractivity contribution in [3.63, 3.8) is 0 Å². The van der Waals surface area contributed by atoms with Gasteiger partial charge in [-0.05, 0) is 23.3 Å². The van der Waals surface area contributed by atoms with E-state index < -0.39 is 0 Å². The fraction of sp³-hybridized carbons (Fsp3) is 0.185. The van der Waals surface area contributed by atoms with Crippen molar-refractivity contribution in [2.24, 2.45) is 0 Å². The molecule has 0 aliphatic carbocycles. The molecule has 4 rings (SSSR count). The van der Waals surface area contributed by atoms with E-state index in [0.29, 0.717) is 31.9 Å².